The second-order valence-corrected chi connectivity index (χ2v) is 7.04. The molecule has 2 rings (SSSR count). The van der Waals surface area contributed by atoms with Crippen LogP contribution in [0.25, 0.3) is 0 Å². The third-order valence-corrected chi connectivity index (χ3v) is 5.08. The van der Waals surface area contributed by atoms with E-state index in [1.165, 1.54) is 25.9 Å². The van der Waals surface area contributed by atoms with E-state index in [1.807, 2.05) is 0 Å². The Morgan fingerprint density at radius 2 is 1.94 bits per heavy atom. The van der Waals surface area contributed by atoms with Gasteiger partial charge >= 0.3 is 0 Å². The Morgan fingerprint density at radius 1 is 1.28 bits per heavy atom. The van der Waals surface area contributed by atoms with Gasteiger partial charge in [-0.05, 0) is 63.1 Å². The van der Waals surface area contributed by atoms with Crippen molar-refractivity contribution in [2.45, 2.75) is 57.9 Å². The molecule has 102 valence electrons. The maximum atomic E-state index is 9.21. The second-order valence-electron chi connectivity index (χ2n) is 7.04. The zero-order chi connectivity index (χ0) is 13.2. The summed E-state index contributed by atoms with van der Waals surface area (Å²) in [6.07, 6.45) is 6.85. The SMILES string of the molecule is CC1(C)CCN(CCC2CCCC2(N)C#N)CC1. The van der Waals surface area contributed by atoms with Gasteiger partial charge in [-0.2, -0.15) is 5.26 Å². The lowest BCUT2D eigenvalue weighted by Crippen LogP contribution is -2.44. The molecule has 0 aromatic rings. The fourth-order valence-corrected chi connectivity index (χ4v) is 3.37. The largest absolute Gasteiger partial charge is 0.313 e. The standard InChI is InChI=1S/C15H27N3/c1-14(2)7-10-18(11-8-14)9-5-13-4-3-6-15(13,17)12-16/h13H,3-11,17H2,1-2H3. The van der Waals surface area contributed by atoms with Crippen LogP contribution in [0.1, 0.15) is 52.4 Å². The van der Waals surface area contributed by atoms with Gasteiger partial charge in [-0.15, -0.1) is 0 Å². The van der Waals surface area contributed by atoms with Gasteiger partial charge in [-0.25, -0.2) is 0 Å². The molecular weight excluding hydrogens is 222 g/mol. The monoisotopic (exact) mass is 249 g/mol. The van der Waals surface area contributed by atoms with E-state index < -0.39 is 5.54 Å². The van der Waals surface area contributed by atoms with Crippen molar-refractivity contribution in [1.29, 1.82) is 5.26 Å². The summed E-state index contributed by atoms with van der Waals surface area (Å²) in [5, 5.41) is 9.21. The molecule has 1 heterocycles. The minimum atomic E-state index is -0.533. The number of piperidine rings is 1. The number of hydrogen-bond donors (Lipinski definition) is 1. The average molecular weight is 249 g/mol. The highest BCUT2D eigenvalue weighted by Gasteiger charge is 2.39. The van der Waals surface area contributed by atoms with Gasteiger partial charge in [0.25, 0.3) is 0 Å². The van der Waals surface area contributed by atoms with E-state index >= 15 is 0 Å². The molecule has 0 bridgehead atoms. The summed E-state index contributed by atoms with van der Waals surface area (Å²) in [7, 11) is 0. The van der Waals surface area contributed by atoms with Gasteiger partial charge in [0.2, 0.25) is 0 Å². The molecule has 0 aromatic heterocycles. The van der Waals surface area contributed by atoms with Crippen LogP contribution in [-0.2, 0) is 0 Å². The number of nitriles is 1. The van der Waals surface area contributed by atoms with Gasteiger partial charge in [-0.3, -0.25) is 0 Å². The maximum Gasteiger partial charge on any atom is 0.107 e. The van der Waals surface area contributed by atoms with Crippen molar-refractivity contribution < 1.29 is 0 Å². The predicted molar refractivity (Wildman–Crippen MR) is 73.9 cm³/mol. The van der Waals surface area contributed by atoms with Gasteiger partial charge < -0.3 is 10.6 Å². The van der Waals surface area contributed by atoms with Crippen molar-refractivity contribution in [3.63, 3.8) is 0 Å². The van der Waals surface area contributed by atoms with Crippen LogP contribution >= 0.6 is 0 Å². The molecule has 2 atom stereocenters. The summed E-state index contributed by atoms with van der Waals surface area (Å²) in [4.78, 5) is 2.56. The van der Waals surface area contributed by atoms with Crippen molar-refractivity contribution >= 4 is 0 Å². The van der Waals surface area contributed by atoms with Gasteiger partial charge in [0, 0.05) is 0 Å². The summed E-state index contributed by atoms with van der Waals surface area (Å²) in [5.74, 6) is 0.414. The molecule has 2 fully saturated rings. The van der Waals surface area contributed by atoms with E-state index in [1.54, 1.807) is 0 Å². The molecule has 0 spiro atoms. The van der Waals surface area contributed by atoms with Crippen molar-refractivity contribution in [2.75, 3.05) is 19.6 Å². The number of hydrogen-bond acceptors (Lipinski definition) is 3. The highest BCUT2D eigenvalue weighted by molar-refractivity contribution is 5.12. The first-order valence-corrected chi connectivity index (χ1v) is 7.38. The molecule has 2 aliphatic rings. The molecule has 18 heavy (non-hydrogen) atoms. The first kappa shape index (κ1) is 13.8. The molecule has 1 aliphatic carbocycles. The van der Waals surface area contributed by atoms with Crippen molar-refractivity contribution in [3.8, 4) is 6.07 Å². The van der Waals surface area contributed by atoms with Crippen LogP contribution in [0, 0.1) is 22.7 Å². The molecule has 3 nitrogen and oxygen atoms in total. The molecule has 3 heteroatoms. The summed E-state index contributed by atoms with van der Waals surface area (Å²) in [6, 6.07) is 2.35. The zero-order valence-corrected chi connectivity index (χ0v) is 11.9. The fourth-order valence-electron chi connectivity index (χ4n) is 3.37. The molecule has 2 unspecified atom stereocenters. The first-order valence-electron chi connectivity index (χ1n) is 7.38. The number of rotatable bonds is 3. The fraction of sp³-hybridized carbons (Fsp3) is 0.933. The third-order valence-electron chi connectivity index (χ3n) is 5.08. The van der Waals surface area contributed by atoms with Crippen LogP contribution < -0.4 is 5.73 Å². The van der Waals surface area contributed by atoms with Gasteiger partial charge in [0.15, 0.2) is 0 Å². The lowest BCUT2D eigenvalue weighted by Gasteiger charge is -2.37. The Kier molecular flexibility index (Phi) is 3.99. The van der Waals surface area contributed by atoms with E-state index in [9.17, 15) is 5.26 Å². The molecule has 0 aromatic carbocycles. The van der Waals surface area contributed by atoms with Crippen LogP contribution in [-0.4, -0.2) is 30.1 Å². The van der Waals surface area contributed by atoms with Gasteiger partial charge in [-0.1, -0.05) is 20.3 Å². The quantitative estimate of drug-likeness (QED) is 0.836. The highest BCUT2D eigenvalue weighted by Crippen LogP contribution is 2.36. The second kappa shape index (κ2) is 5.19. The molecule has 1 saturated heterocycles. The summed E-state index contributed by atoms with van der Waals surface area (Å²) < 4.78 is 0. The molecule has 2 N–H and O–H groups in total. The smallest absolute Gasteiger partial charge is 0.107 e. The van der Waals surface area contributed by atoms with E-state index in [4.69, 9.17) is 5.73 Å². The summed E-state index contributed by atoms with van der Waals surface area (Å²) >= 11 is 0. The average Bonchev–Trinajstić information content (AvgIpc) is 2.70. The molecular formula is C15H27N3. The van der Waals surface area contributed by atoms with Crippen LogP contribution in [0.15, 0.2) is 0 Å². The number of nitrogens with two attached hydrogens (primary N) is 1. The van der Waals surface area contributed by atoms with Crippen molar-refractivity contribution in [2.24, 2.45) is 17.1 Å². The van der Waals surface area contributed by atoms with Crippen LogP contribution in [0.3, 0.4) is 0 Å². The minimum absolute atomic E-state index is 0.414. The van der Waals surface area contributed by atoms with Gasteiger partial charge in [0.1, 0.15) is 5.54 Å². The first-order chi connectivity index (χ1) is 8.45. The number of nitrogens with zero attached hydrogens (tertiary/aromatic N) is 2. The molecule has 1 aliphatic heterocycles. The summed E-state index contributed by atoms with van der Waals surface area (Å²) in [6.45, 7) is 8.28. The Morgan fingerprint density at radius 3 is 2.56 bits per heavy atom. The predicted octanol–water partition coefficient (Wildman–Crippen LogP) is 2.52. The Bertz CT molecular complexity index is 321. The van der Waals surface area contributed by atoms with E-state index in [-0.39, 0.29) is 0 Å². The minimum Gasteiger partial charge on any atom is -0.313 e. The topological polar surface area (TPSA) is 53.0 Å². The Balaban J connectivity index is 1.78. The lowest BCUT2D eigenvalue weighted by molar-refractivity contribution is 0.124. The lowest BCUT2D eigenvalue weighted by atomic mass is 9.82. The molecule has 0 amide bonds. The van der Waals surface area contributed by atoms with Crippen LogP contribution in [0.5, 0.6) is 0 Å². The Hall–Kier alpha value is -0.590. The van der Waals surface area contributed by atoms with Crippen LogP contribution in [0.4, 0.5) is 0 Å². The van der Waals surface area contributed by atoms with Crippen molar-refractivity contribution in [1.82, 2.24) is 4.90 Å². The van der Waals surface area contributed by atoms with Crippen LogP contribution in [0.2, 0.25) is 0 Å². The zero-order valence-electron chi connectivity index (χ0n) is 11.9. The maximum absolute atomic E-state index is 9.21. The third kappa shape index (κ3) is 3.05. The highest BCUT2D eigenvalue weighted by atomic mass is 15.1. The van der Waals surface area contributed by atoms with Gasteiger partial charge in [0.05, 0.1) is 6.07 Å². The van der Waals surface area contributed by atoms with E-state index in [0.717, 1.165) is 32.2 Å². The van der Waals surface area contributed by atoms with E-state index in [0.29, 0.717) is 11.3 Å². The van der Waals surface area contributed by atoms with Crippen molar-refractivity contribution in [3.05, 3.63) is 0 Å². The molecule has 0 radical (unpaired) electrons. The number of likely N-dealkylation sites (tertiary alicyclic amines) is 1. The normalized spacial score (nSPS) is 36.4. The Labute approximate surface area is 111 Å². The summed E-state index contributed by atoms with van der Waals surface area (Å²) in [5.41, 5.74) is 6.17. The molecule has 1 saturated carbocycles. The van der Waals surface area contributed by atoms with E-state index in [2.05, 4.69) is 24.8 Å².